The number of rotatable bonds is 11. The third-order valence-corrected chi connectivity index (χ3v) is 3.99. The lowest BCUT2D eigenvalue weighted by molar-refractivity contribution is -0.183. The Hall–Kier alpha value is -0.320. The summed E-state index contributed by atoms with van der Waals surface area (Å²) in [4.78, 5) is 0. The van der Waals surface area contributed by atoms with Crippen LogP contribution in [0.25, 0.3) is 0 Å². The highest BCUT2D eigenvalue weighted by Gasteiger charge is 2.37. The lowest BCUT2D eigenvalue weighted by Gasteiger charge is -2.20. The van der Waals surface area contributed by atoms with Gasteiger partial charge in [0.15, 0.2) is 11.6 Å². The van der Waals surface area contributed by atoms with Crippen LogP contribution in [0.2, 0.25) is 0 Å². The Kier molecular flexibility index (Phi) is 7.83. The molecule has 2 saturated heterocycles. The van der Waals surface area contributed by atoms with Crippen molar-refractivity contribution in [2.24, 2.45) is 0 Å². The molecule has 2 fully saturated rings. The second-order valence-electron chi connectivity index (χ2n) is 6.54. The van der Waals surface area contributed by atoms with Gasteiger partial charge in [-0.1, -0.05) is 0 Å². The molecule has 2 aliphatic rings. The van der Waals surface area contributed by atoms with E-state index in [1.165, 1.54) is 0 Å². The highest BCUT2D eigenvalue weighted by molar-refractivity contribution is 4.74. The molecule has 2 heterocycles. The quantitative estimate of drug-likeness (QED) is 0.505. The molecule has 2 rings (SSSR count). The lowest BCUT2D eigenvalue weighted by Crippen LogP contribution is -2.32. The van der Waals surface area contributed by atoms with Crippen molar-refractivity contribution in [2.45, 2.75) is 50.5 Å². The maximum atomic E-state index is 9.12. The first kappa shape index (κ1) is 20.0. The molecule has 0 spiro atoms. The molecule has 0 bridgehead atoms. The van der Waals surface area contributed by atoms with Crippen molar-refractivity contribution in [1.29, 1.82) is 0 Å². The van der Waals surface area contributed by atoms with Crippen LogP contribution in [-0.4, -0.2) is 86.9 Å². The van der Waals surface area contributed by atoms with Crippen LogP contribution in [0.3, 0.4) is 0 Å². The van der Waals surface area contributed by atoms with Gasteiger partial charge in [-0.05, 0) is 26.7 Å². The normalized spacial score (nSPS) is 36.5. The average molecular weight is 350 g/mol. The molecule has 24 heavy (non-hydrogen) atoms. The zero-order valence-electron chi connectivity index (χ0n) is 14.6. The van der Waals surface area contributed by atoms with Crippen LogP contribution in [-0.2, 0) is 28.4 Å². The highest BCUT2D eigenvalue weighted by atomic mass is 16.8. The summed E-state index contributed by atoms with van der Waals surface area (Å²) in [7, 11) is 0. The molecule has 142 valence electrons. The third-order valence-electron chi connectivity index (χ3n) is 3.99. The van der Waals surface area contributed by atoms with Gasteiger partial charge < -0.3 is 38.6 Å². The Balaban J connectivity index is 1.40. The molecule has 2 N–H and O–H groups in total. The van der Waals surface area contributed by atoms with Crippen LogP contribution >= 0.6 is 0 Å². The standard InChI is InChI=1S/C16H30O8/c1-15(11-17)21-9-13(23-15)7-19-5-3-4-6-20-8-14-10-22-16(2,12-18)24-14/h13-14,17-18H,3-12H2,1-2H3. The minimum absolute atomic E-state index is 0.126. The first-order chi connectivity index (χ1) is 11.5. The van der Waals surface area contributed by atoms with Crippen molar-refractivity contribution in [3.63, 3.8) is 0 Å². The molecule has 0 aromatic rings. The summed E-state index contributed by atoms with van der Waals surface area (Å²) in [5.41, 5.74) is 0. The Bertz CT molecular complexity index is 334. The summed E-state index contributed by atoms with van der Waals surface area (Å²) in [6, 6.07) is 0. The summed E-state index contributed by atoms with van der Waals surface area (Å²) in [6.07, 6.45) is 1.53. The van der Waals surface area contributed by atoms with E-state index in [0.29, 0.717) is 39.6 Å². The summed E-state index contributed by atoms with van der Waals surface area (Å²) >= 11 is 0. The van der Waals surface area contributed by atoms with E-state index in [2.05, 4.69) is 0 Å². The van der Waals surface area contributed by atoms with E-state index in [1.807, 2.05) is 0 Å². The minimum Gasteiger partial charge on any atom is -0.391 e. The Morgan fingerprint density at radius 1 is 0.833 bits per heavy atom. The zero-order chi connectivity index (χ0) is 17.5. The molecule has 4 unspecified atom stereocenters. The van der Waals surface area contributed by atoms with Crippen molar-refractivity contribution < 1.29 is 38.6 Å². The van der Waals surface area contributed by atoms with E-state index < -0.39 is 11.6 Å². The monoisotopic (exact) mass is 350 g/mol. The second kappa shape index (κ2) is 9.40. The fourth-order valence-corrected chi connectivity index (χ4v) is 2.55. The summed E-state index contributed by atoms with van der Waals surface area (Å²) in [5, 5.41) is 18.2. The van der Waals surface area contributed by atoms with E-state index in [4.69, 9.17) is 38.6 Å². The maximum absolute atomic E-state index is 9.12. The van der Waals surface area contributed by atoms with Gasteiger partial charge in [0.2, 0.25) is 0 Å². The average Bonchev–Trinajstić information content (AvgIpc) is 3.15. The second-order valence-corrected chi connectivity index (χ2v) is 6.54. The van der Waals surface area contributed by atoms with Crippen molar-refractivity contribution in [3.05, 3.63) is 0 Å². The van der Waals surface area contributed by atoms with Crippen molar-refractivity contribution >= 4 is 0 Å². The first-order valence-electron chi connectivity index (χ1n) is 8.49. The Labute approximate surface area is 142 Å². The molecule has 0 aliphatic carbocycles. The molecular weight excluding hydrogens is 320 g/mol. The van der Waals surface area contributed by atoms with Gasteiger partial charge in [0.25, 0.3) is 0 Å². The van der Waals surface area contributed by atoms with Crippen molar-refractivity contribution in [2.75, 3.05) is 52.9 Å². The van der Waals surface area contributed by atoms with Crippen LogP contribution in [0.5, 0.6) is 0 Å². The largest absolute Gasteiger partial charge is 0.391 e. The number of hydrogen-bond donors (Lipinski definition) is 2. The lowest BCUT2D eigenvalue weighted by atomic mass is 10.3. The smallest absolute Gasteiger partial charge is 0.189 e. The van der Waals surface area contributed by atoms with Crippen LogP contribution in [0.15, 0.2) is 0 Å². The van der Waals surface area contributed by atoms with Gasteiger partial charge in [0, 0.05) is 13.2 Å². The van der Waals surface area contributed by atoms with Gasteiger partial charge in [0.05, 0.1) is 39.6 Å². The van der Waals surface area contributed by atoms with Crippen LogP contribution in [0, 0.1) is 0 Å². The Morgan fingerprint density at radius 3 is 1.58 bits per heavy atom. The summed E-state index contributed by atoms with van der Waals surface area (Å²) < 4.78 is 33.0. The molecule has 8 heteroatoms. The molecule has 0 radical (unpaired) electrons. The number of aliphatic hydroxyl groups is 2. The van der Waals surface area contributed by atoms with E-state index in [0.717, 1.165) is 12.8 Å². The van der Waals surface area contributed by atoms with Gasteiger partial charge in [-0.15, -0.1) is 0 Å². The van der Waals surface area contributed by atoms with E-state index >= 15 is 0 Å². The third kappa shape index (κ3) is 6.20. The van der Waals surface area contributed by atoms with E-state index in [1.54, 1.807) is 13.8 Å². The molecule has 0 aromatic heterocycles. The van der Waals surface area contributed by atoms with Crippen LogP contribution in [0.4, 0.5) is 0 Å². The molecule has 0 saturated carbocycles. The zero-order valence-corrected chi connectivity index (χ0v) is 14.6. The molecular formula is C16H30O8. The van der Waals surface area contributed by atoms with Crippen LogP contribution < -0.4 is 0 Å². The van der Waals surface area contributed by atoms with Gasteiger partial charge >= 0.3 is 0 Å². The SMILES string of the molecule is CC1(CO)OCC(COCCCCOCC2COC(C)(CO)O2)O1. The fourth-order valence-electron chi connectivity index (χ4n) is 2.55. The molecule has 4 atom stereocenters. The molecule has 8 nitrogen and oxygen atoms in total. The predicted molar refractivity (Wildman–Crippen MR) is 83.5 cm³/mol. The van der Waals surface area contributed by atoms with Crippen molar-refractivity contribution in [3.8, 4) is 0 Å². The highest BCUT2D eigenvalue weighted by Crippen LogP contribution is 2.23. The summed E-state index contributed by atoms with van der Waals surface area (Å²) in [6.45, 7) is 6.18. The molecule has 2 aliphatic heterocycles. The number of aliphatic hydroxyl groups excluding tert-OH is 2. The van der Waals surface area contributed by atoms with Crippen LogP contribution in [0.1, 0.15) is 26.7 Å². The number of hydrogen-bond acceptors (Lipinski definition) is 8. The maximum Gasteiger partial charge on any atom is 0.189 e. The fraction of sp³-hybridized carbons (Fsp3) is 1.00. The first-order valence-corrected chi connectivity index (χ1v) is 8.49. The summed E-state index contributed by atoms with van der Waals surface area (Å²) in [5.74, 6) is -1.78. The Morgan fingerprint density at radius 2 is 1.25 bits per heavy atom. The topological polar surface area (TPSA) is 95.8 Å². The molecule has 0 amide bonds. The molecule has 0 aromatic carbocycles. The van der Waals surface area contributed by atoms with E-state index in [-0.39, 0.29) is 25.4 Å². The number of ether oxygens (including phenoxy) is 6. The number of unbranched alkanes of at least 4 members (excludes halogenated alkanes) is 1. The van der Waals surface area contributed by atoms with E-state index in [9.17, 15) is 0 Å². The minimum atomic E-state index is -0.889. The van der Waals surface area contributed by atoms with Gasteiger partial charge in [0.1, 0.15) is 12.2 Å². The van der Waals surface area contributed by atoms with Gasteiger partial charge in [-0.2, -0.15) is 0 Å². The van der Waals surface area contributed by atoms with Crippen molar-refractivity contribution in [1.82, 2.24) is 0 Å². The van der Waals surface area contributed by atoms with Gasteiger partial charge in [-0.25, -0.2) is 0 Å². The predicted octanol–water partition coefficient (Wildman–Crippen LogP) is 0.0476. The van der Waals surface area contributed by atoms with Gasteiger partial charge in [-0.3, -0.25) is 0 Å².